The minimum atomic E-state index is 0.306. The second kappa shape index (κ2) is 5.80. The Morgan fingerprint density at radius 1 is 1.40 bits per heavy atom. The number of likely N-dealkylation sites (N-methyl/N-ethyl adjacent to an activating group) is 1. The Labute approximate surface area is 121 Å². The predicted molar refractivity (Wildman–Crippen MR) is 81.8 cm³/mol. The van der Waals surface area contributed by atoms with Crippen molar-refractivity contribution in [3.8, 4) is 0 Å². The molecule has 20 heavy (non-hydrogen) atoms. The smallest absolute Gasteiger partial charge is 0.126 e. The van der Waals surface area contributed by atoms with E-state index in [0.717, 1.165) is 13.0 Å². The number of fused-ring (bicyclic) bond motifs is 1. The number of benzene rings is 1. The highest BCUT2D eigenvalue weighted by Crippen LogP contribution is 2.40. The Bertz CT molecular complexity index is 573. The predicted octanol–water partition coefficient (Wildman–Crippen LogP) is 3.28. The molecular formula is C17H23N3. The first-order chi connectivity index (χ1) is 9.85. The number of rotatable bonds is 5. The molecule has 1 aliphatic rings. The first-order valence-electron chi connectivity index (χ1n) is 7.61. The molecule has 0 spiro atoms. The number of hydrogen-bond acceptors (Lipinski definition) is 2. The van der Waals surface area contributed by atoms with Crippen LogP contribution in [0.3, 0.4) is 0 Å². The monoisotopic (exact) mass is 269 g/mol. The van der Waals surface area contributed by atoms with E-state index in [9.17, 15) is 0 Å². The van der Waals surface area contributed by atoms with Crippen LogP contribution in [-0.4, -0.2) is 16.6 Å². The van der Waals surface area contributed by atoms with Gasteiger partial charge in [0.05, 0.1) is 6.04 Å². The van der Waals surface area contributed by atoms with Crippen molar-refractivity contribution in [2.45, 2.75) is 44.7 Å². The van der Waals surface area contributed by atoms with Crippen LogP contribution in [0.2, 0.25) is 0 Å². The molecular weight excluding hydrogens is 246 g/mol. The van der Waals surface area contributed by atoms with Gasteiger partial charge in [-0.25, -0.2) is 4.98 Å². The van der Waals surface area contributed by atoms with Crippen molar-refractivity contribution in [1.82, 2.24) is 14.9 Å². The lowest BCUT2D eigenvalue weighted by molar-refractivity contribution is 0.434. The van der Waals surface area contributed by atoms with Gasteiger partial charge in [-0.05, 0) is 37.4 Å². The summed E-state index contributed by atoms with van der Waals surface area (Å²) in [6.45, 7) is 3.25. The van der Waals surface area contributed by atoms with Crippen LogP contribution >= 0.6 is 0 Å². The van der Waals surface area contributed by atoms with E-state index in [1.165, 1.54) is 29.8 Å². The Morgan fingerprint density at radius 2 is 2.25 bits per heavy atom. The number of nitrogens with one attached hydrogen (secondary N) is 1. The van der Waals surface area contributed by atoms with E-state index in [4.69, 9.17) is 0 Å². The molecule has 1 aromatic heterocycles. The highest BCUT2D eigenvalue weighted by atomic mass is 15.1. The van der Waals surface area contributed by atoms with Crippen molar-refractivity contribution in [2.75, 3.05) is 7.05 Å². The lowest BCUT2D eigenvalue weighted by atomic mass is 9.92. The maximum atomic E-state index is 4.62. The van der Waals surface area contributed by atoms with Crippen molar-refractivity contribution in [1.29, 1.82) is 0 Å². The van der Waals surface area contributed by atoms with Crippen LogP contribution in [0.15, 0.2) is 36.7 Å². The summed E-state index contributed by atoms with van der Waals surface area (Å²) in [5.41, 5.74) is 3.00. The summed E-state index contributed by atoms with van der Waals surface area (Å²) in [6, 6.07) is 9.15. The molecule has 2 unspecified atom stereocenters. The average molecular weight is 269 g/mol. The highest BCUT2D eigenvalue weighted by molar-refractivity contribution is 5.36. The summed E-state index contributed by atoms with van der Waals surface area (Å²) >= 11 is 0. The summed E-state index contributed by atoms with van der Waals surface area (Å²) in [6.07, 6.45) is 7.57. The van der Waals surface area contributed by atoms with Gasteiger partial charge < -0.3 is 9.88 Å². The molecule has 0 aliphatic heterocycles. The number of nitrogens with zero attached hydrogens (tertiary/aromatic N) is 2. The normalized spacial score (nSPS) is 19.0. The molecule has 0 saturated heterocycles. The maximum Gasteiger partial charge on any atom is 0.126 e. The third kappa shape index (κ3) is 2.27. The van der Waals surface area contributed by atoms with E-state index < -0.39 is 0 Å². The summed E-state index contributed by atoms with van der Waals surface area (Å²) in [5.74, 6) is 1.71. The van der Waals surface area contributed by atoms with E-state index >= 15 is 0 Å². The van der Waals surface area contributed by atoms with Gasteiger partial charge in [-0.15, -0.1) is 0 Å². The third-order valence-corrected chi connectivity index (χ3v) is 4.38. The lowest BCUT2D eigenvalue weighted by Gasteiger charge is -2.24. The fourth-order valence-corrected chi connectivity index (χ4v) is 3.48. The van der Waals surface area contributed by atoms with Crippen LogP contribution in [0.1, 0.15) is 48.7 Å². The molecule has 0 bridgehead atoms. The van der Waals surface area contributed by atoms with Gasteiger partial charge in [0, 0.05) is 24.9 Å². The molecule has 0 radical (unpaired) electrons. The maximum absolute atomic E-state index is 4.62. The van der Waals surface area contributed by atoms with Gasteiger partial charge in [0.1, 0.15) is 5.82 Å². The zero-order valence-corrected chi connectivity index (χ0v) is 12.3. The van der Waals surface area contributed by atoms with Crippen LogP contribution in [0.5, 0.6) is 0 Å². The molecule has 1 N–H and O–H groups in total. The molecule has 3 nitrogen and oxygen atoms in total. The van der Waals surface area contributed by atoms with Crippen LogP contribution in [0, 0.1) is 0 Å². The molecule has 2 atom stereocenters. The van der Waals surface area contributed by atoms with Gasteiger partial charge in [0.25, 0.3) is 0 Å². The summed E-state index contributed by atoms with van der Waals surface area (Å²) in [5, 5.41) is 3.50. The van der Waals surface area contributed by atoms with Gasteiger partial charge >= 0.3 is 0 Å². The standard InChI is InChI=1S/C17H23N3/c1-3-11-20-12-10-19-17(20)16(18-2)15-9-8-13-6-4-5-7-14(13)15/h4-7,10,12,15-16,18H,3,8-9,11H2,1-2H3. The molecule has 3 heteroatoms. The van der Waals surface area contributed by atoms with E-state index in [-0.39, 0.29) is 0 Å². The van der Waals surface area contributed by atoms with Crippen molar-refractivity contribution >= 4 is 0 Å². The molecule has 106 valence electrons. The summed E-state index contributed by atoms with van der Waals surface area (Å²) in [4.78, 5) is 4.62. The van der Waals surface area contributed by atoms with E-state index in [1.807, 2.05) is 6.20 Å². The fourth-order valence-electron chi connectivity index (χ4n) is 3.48. The first-order valence-corrected chi connectivity index (χ1v) is 7.61. The van der Waals surface area contributed by atoms with Crippen molar-refractivity contribution in [3.05, 3.63) is 53.6 Å². The first kappa shape index (κ1) is 13.4. The Hall–Kier alpha value is -1.61. The molecule has 1 aliphatic carbocycles. The van der Waals surface area contributed by atoms with Gasteiger partial charge in [-0.3, -0.25) is 0 Å². The SMILES string of the molecule is CCCn1ccnc1C(NC)C1CCc2ccccc21. The van der Waals surface area contributed by atoms with Crippen molar-refractivity contribution in [3.63, 3.8) is 0 Å². The molecule has 0 amide bonds. The Kier molecular flexibility index (Phi) is 3.88. The average Bonchev–Trinajstić information content (AvgIpc) is 3.09. The molecule has 1 heterocycles. The summed E-state index contributed by atoms with van der Waals surface area (Å²) in [7, 11) is 2.05. The van der Waals surface area contributed by atoms with E-state index in [1.54, 1.807) is 0 Å². The molecule has 1 aromatic carbocycles. The van der Waals surface area contributed by atoms with Gasteiger partial charge in [0.2, 0.25) is 0 Å². The van der Waals surface area contributed by atoms with Gasteiger partial charge in [-0.1, -0.05) is 31.2 Å². The quantitative estimate of drug-likeness (QED) is 0.902. The zero-order valence-electron chi connectivity index (χ0n) is 12.3. The van der Waals surface area contributed by atoms with Gasteiger partial charge in [0.15, 0.2) is 0 Å². The largest absolute Gasteiger partial charge is 0.334 e. The molecule has 0 saturated carbocycles. The van der Waals surface area contributed by atoms with E-state index in [0.29, 0.717) is 12.0 Å². The van der Waals surface area contributed by atoms with Crippen molar-refractivity contribution < 1.29 is 0 Å². The highest BCUT2D eigenvalue weighted by Gasteiger charge is 2.31. The Morgan fingerprint density at radius 3 is 3.05 bits per heavy atom. The number of aryl methyl sites for hydroxylation is 2. The van der Waals surface area contributed by atoms with Crippen LogP contribution in [0.25, 0.3) is 0 Å². The topological polar surface area (TPSA) is 29.9 Å². The van der Waals surface area contributed by atoms with Crippen LogP contribution < -0.4 is 5.32 Å². The number of hydrogen-bond donors (Lipinski definition) is 1. The molecule has 0 fully saturated rings. The second-order valence-electron chi connectivity index (χ2n) is 5.59. The number of aromatic nitrogens is 2. The lowest BCUT2D eigenvalue weighted by Crippen LogP contribution is -2.26. The van der Waals surface area contributed by atoms with Crippen LogP contribution in [-0.2, 0) is 13.0 Å². The zero-order chi connectivity index (χ0) is 13.9. The van der Waals surface area contributed by atoms with Crippen molar-refractivity contribution in [2.24, 2.45) is 0 Å². The minimum absolute atomic E-state index is 0.306. The second-order valence-corrected chi connectivity index (χ2v) is 5.59. The molecule has 3 rings (SSSR count). The summed E-state index contributed by atoms with van der Waals surface area (Å²) < 4.78 is 2.29. The number of imidazole rings is 1. The minimum Gasteiger partial charge on any atom is -0.334 e. The van der Waals surface area contributed by atoms with Crippen LogP contribution in [0.4, 0.5) is 0 Å². The third-order valence-electron chi connectivity index (χ3n) is 4.38. The van der Waals surface area contributed by atoms with E-state index in [2.05, 4.69) is 59.3 Å². The van der Waals surface area contributed by atoms with Gasteiger partial charge in [-0.2, -0.15) is 0 Å². The Balaban J connectivity index is 1.93. The molecule has 2 aromatic rings. The fraction of sp³-hybridized carbons (Fsp3) is 0.471.